The van der Waals surface area contributed by atoms with Crippen molar-refractivity contribution in [2.45, 2.75) is 47.6 Å². The summed E-state index contributed by atoms with van der Waals surface area (Å²) < 4.78 is 10.2. The van der Waals surface area contributed by atoms with Crippen molar-refractivity contribution < 1.29 is 19.1 Å². The largest absolute Gasteiger partial charge is 0.465 e. The number of carbonyl (C=O) groups excluding carboxylic acids is 2. The maximum atomic E-state index is 10.9. The summed E-state index contributed by atoms with van der Waals surface area (Å²) in [5.41, 5.74) is -0.364. The third-order valence-electron chi connectivity index (χ3n) is 3.18. The number of rotatable bonds is 5. The molecule has 4 nitrogen and oxygen atoms in total. The molecule has 0 N–H and O–H groups in total. The average Bonchev–Trinajstić information content (AvgIpc) is 2.12. The van der Waals surface area contributed by atoms with Gasteiger partial charge in [-0.2, -0.15) is 0 Å². The fraction of sp³-hybridized carbons (Fsp3) is 0.833. The second-order valence-corrected chi connectivity index (χ2v) is 4.69. The van der Waals surface area contributed by atoms with Crippen LogP contribution >= 0.6 is 0 Å². The van der Waals surface area contributed by atoms with Gasteiger partial charge in [-0.25, -0.2) is 0 Å². The lowest BCUT2D eigenvalue weighted by molar-refractivity contribution is -0.161. The zero-order valence-corrected chi connectivity index (χ0v) is 11.0. The number of carbonyl (C=O) groups is 2. The van der Waals surface area contributed by atoms with Crippen LogP contribution in [0.4, 0.5) is 0 Å². The maximum absolute atomic E-state index is 10.9. The molecular weight excluding hydrogens is 208 g/mol. The molecule has 0 saturated heterocycles. The Labute approximate surface area is 97.3 Å². The molecule has 94 valence electrons. The van der Waals surface area contributed by atoms with Gasteiger partial charge in [0.25, 0.3) is 0 Å². The predicted molar refractivity (Wildman–Crippen MR) is 60.8 cm³/mol. The summed E-state index contributed by atoms with van der Waals surface area (Å²) in [5, 5.41) is 0. The molecule has 0 bridgehead atoms. The molecule has 0 aromatic rings. The van der Waals surface area contributed by atoms with Gasteiger partial charge >= 0.3 is 11.9 Å². The van der Waals surface area contributed by atoms with Gasteiger partial charge in [-0.1, -0.05) is 20.8 Å². The van der Waals surface area contributed by atoms with Crippen molar-refractivity contribution in [1.82, 2.24) is 0 Å². The summed E-state index contributed by atoms with van der Waals surface area (Å²) in [6.07, 6.45) is -0.288. The second-order valence-electron chi connectivity index (χ2n) is 4.69. The lowest BCUT2D eigenvalue weighted by atomic mass is 9.75. The predicted octanol–water partition coefficient (Wildman–Crippen LogP) is 2.16. The highest BCUT2D eigenvalue weighted by molar-refractivity contribution is 5.66. The standard InChI is InChI=1S/C12H22O4/c1-8(2)12(6,7-15-10(4)13)9(3)16-11(5)14/h8-9H,7H2,1-6H3. The van der Waals surface area contributed by atoms with Gasteiger partial charge in [0.2, 0.25) is 0 Å². The van der Waals surface area contributed by atoms with Crippen molar-refractivity contribution >= 4 is 11.9 Å². The van der Waals surface area contributed by atoms with E-state index < -0.39 is 0 Å². The van der Waals surface area contributed by atoms with E-state index in [-0.39, 0.29) is 36.0 Å². The Morgan fingerprint density at radius 3 is 1.94 bits per heavy atom. The first-order chi connectivity index (χ1) is 7.20. The van der Waals surface area contributed by atoms with Gasteiger partial charge in [-0.15, -0.1) is 0 Å². The van der Waals surface area contributed by atoms with Crippen LogP contribution in [0.5, 0.6) is 0 Å². The summed E-state index contributed by atoms with van der Waals surface area (Å²) in [6.45, 7) is 10.8. The highest BCUT2D eigenvalue weighted by Gasteiger charge is 2.38. The number of hydrogen-bond acceptors (Lipinski definition) is 4. The number of ether oxygens (including phenoxy) is 2. The van der Waals surface area contributed by atoms with Gasteiger partial charge < -0.3 is 9.47 Å². The smallest absolute Gasteiger partial charge is 0.302 e. The Balaban J connectivity index is 4.66. The Morgan fingerprint density at radius 1 is 1.12 bits per heavy atom. The fourth-order valence-corrected chi connectivity index (χ4v) is 1.39. The van der Waals surface area contributed by atoms with Crippen molar-refractivity contribution in [3.05, 3.63) is 0 Å². The molecule has 0 spiro atoms. The molecule has 0 aliphatic heterocycles. The van der Waals surface area contributed by atoms with E-state index in [4.69, 9.17) is 9.47 Å². The molecular formula is C12H22O4. The van der Waals surface area contributed by atoms with Crippen molar-refractivity contribution in [3.8, 4) is 0 Å². The van der Waals surface area contributed by atoms with Crippen LogP contribution in [0.1, 0.15) is 41.5 Å². The van der Waals surface area contributed by atoms with Crippen molar-refractivity contribution in [3.63, 3.8) is 0 Å². The molecule has 2 atom stereocenters. The summed E-state index contributed by atoms with van der Waals surface area (Å²) in [5.74, 6) is -0.398. The molecule has 0 amide bonds. The second kappa shape index (κ2) is 5.87. The third-order valence-corrected chi connectivity index (χ3v) is 3.18. The van der Waals surface area contributed by atoms with Crippen LogP contribution in [0.3, 0.4) is 0 Å². The van der Waals surface area contributed by atoms with E-state index >= 15 is 0 Å². The van der Waals surface area contributed by atoms with Crippen molar-refractivity contribution in [2.24, 2.45) is 11.3 Å². The molecule has 0 aliphatic carbocycles. The highest BCUT2D eigenvalue weighted by atomic mass is 16.6. The summed E-state index contributed by atoms with van der Waals surface area (Å²) >= 11 is 0. The van der Waals surface area contributed by atoms with Gasteiger partial charge in [0.1, 0.15) is 12.7 Å². The number of esters is 2. The normalized spacial score (nSPS) is 16.4. The van der Waals surface area contributed by atoms with E-state index in [1.807, 2.05) is 27.7 Å². The first kappa shape index (κ1) is 14.9. The van der Waals surface area contributed by atoms with Crippen LogP contribution in [-0.2, 0) is 19.1 Å². The molecule has 0 aromatic carbocycles. The van der Waals surface area contributed by atoms with E-state index in [2.05, 4.69) is 0 Å². The van der Waals surface area contributed by atoms with Gasteiger partial charge in [-0.05, 0) is 12.8 Å². The Morgan fingerprint density at radius 2 is 1.62 bits per heavy atom. The molecule has 0 radical (unpaired) electrons. The zero-order valence-electron chi connectivity index (χ0n) is 11.0. The minimum atomic E-state index is -0.364. The van der Waals surface area contributed by atoms with E-state index in [9.17, 15) is 9.59 Å². The molecule has 2 unspecified atom stereocenters. The lowest BCUT2D eigenvalue weighted by Crippen LogP contribution is -2.42. The van der Waals surface area contributed by atoms with Gasteiger partial charge in [0, 0.05) is 19.3 Å². The van der Waals surface area contributed by atoms with Crippen LogP contribution in [0, 0.1) is 11.3 Å². The fourth-order valence-electron chi connectivity index (χ4n) is 1.39. The highest BCUT2D eigenvalue weighted by Crippen LogP contribution is 2.33. The van der Waals surface area contributed by atoms with Gasteiger partial charge in [0.05, 0.1) is 0 Å². The van der Waals surface area contributed by atoms with Gasteiger partial charge in [0.15, 0.2) is 0 Å². The zero-order chi connectivity index (χ0) is 12.9. The van der Waals surface area contributed by atoms with Crippen LogP contribution in [0.25, 0.3) is 0 Å². The molecule has 0 aliphatic rings. The van der Waals surface area contributed by atoms with E-state index in [1.165, 1.54) is 13.8 Å². The van der Waals surface area contributed by atoms with Crippen LogP contribution < -0.4 is 0 Å². The Kier molecular flexibility index (Phi) is 5.48. The first-order valence-electron chi connectivity index (χ1n) is 5.50. The monoisotopic (exact) mass is 230 g/mol. The van der Waals surface area contributed by atoms with Crippen LogP contribution in [0.2, 0.25) is 0 Å². The van der Waals surface area contributed by atoms with E-state index in [0.717, 1.165) is 0 Å². The van der Waals surface area contributed by atoms with E-state index in [0.29, 0.717) is 0 Å². The van der Waals surface area contributed by atoms with Gasteiger partial charge in [-0.3, -0.25) is 9.59 Å². The molecule has 0 rings (SSSR count). The minimum absolute atomic E-state index is 0.237. The van der Waals surface area contributed by atoms with Crippen LogP contribution in [-0.4, -0.2) is 24.6 Å². The average molecular weight is 230 g/mol. The molecule has 0 saturated carbocycles. The third kappa shape index (κ3) is 4.21. The first-order valence-corrected chi connectivity index (χ1v) is 5.50. The quantitative estimate of drug-likeness (QED) is 0.679. The van der Waals surface area contributed by atoms with E-state index in [1.54, 1.807) is 0 Å². The minimum Gasteiger partial charge on any atom is -0.465 e. The molecule has 4 heteroatoms. The summed E-state index contributed by atoms with van der Waals surface area (Å²) in [6, 6.07) is 0. The maximum Gasteiger partial charge on any atom is 0.302 e. The van der Waals surface area contributed by atoms with Crippen LogP contribution in [0.15, 0.2) is 0 Å². The molecule has 16 heavy (non-hydrogen) atoms. The van der Waals surface area contributed by atoms with Crippen molar-refractivity contribution in [1.29, 1.82) is 0 Å². The number of hydrogen-bond donors (Lipinski definition) is 0. The lowest BCUT2D eigenvalue weighted by Gasteiger charge is -2.37. The van der Waals surface area contributed by atoms with Crippen molar-refractivity contribution in [2.75, 3.05) is 6.61 Å². The summed E-state index contributed by atoms with van der Waals surface area (Å²) in [7, 11) is 0. The molecule has 0 aromatic heterocycles. The Bertz CT molecular complexity index is 260. The Hall–Kier alpha value is -1.06. The summed E-state index contributed by atoms with van der Waals surface area (Å²) in [4.78, 5) is 21.8. The molecule has 0 heterocycles. The topological polar surface area (TPSA) is 52.6 Å². The SMILES string of the molecule is CC(=O)OCC(C)(C(C)C)C(C)OC(C)=O. The molecule has 0 fully saturated rings.